The van der Waals surface area contributed by atoms with E-state index in [0.717, 1.165) is 31.2 Å². The Morgan fingerprint density at radius 2 is 1.90 bits per heavy atom. The number of rotatable bonds is 3. The van der Waals surface area contributed by atoms with Gasteiger partial charge in [-0.05, 0) is 30.5 Å². The summed E-state index contributed by atoms with van der Waals surface area (Å²) in [6, 6.07) is 7.07. The lowest BCUT2D eigenvalue weighted by atomic mass is 9.91. The Kier molecular flexibility index (Phi) is 4.19. The fourth-order valence-electron chi connectivity index (χ4n) is 3.31. The van der Waals surface area contributed by atoms with Crippen LogP contribution in [-0.2, 0) is 20.5 Å². The number of ether oxygens (including phenoxy) is 1. The summed E-state index contributed by atoms with van der Waals surface area (Å²) in [7, 11) is -3.31. The second-order valence-corrected chi connectivity index (χ2v) is 7.79. The quantitative estimate of drug-likeness (QED) is 0.863. The van der Waals surface area contributed by atoms with Crippen molar-refractivity contribution in [3.63, 3.8) is 0 Å². The Morgan fingerprint density at radius 1 is 1.19 bits per heavy atom. The predicted octanol–water partition coefficient (Wildman–Crippen LogP) is 1.74. The van der Waals surface area contributed by atoms with E-state index in [9.17, 15) is 8.42 Å². The zero-order valence-corrected chi connectivity index (χ0v) is 12.9. The molecule has 2 aliphatic rings. The van der Waals surface area contributed by atoms with Gasteiger partial charge in [0.15, 0.2) is 0 Å². The van der Waals surface area contributed by atoms with Crippen LogP contribution in [0, 0.1) is 0 Å². The molecule has 2 N–H and O–H groups in total. The average Bonchev–Trinajstić information content (AvgIpc) is 2.49. The third-order valence-corrected chi connectivity index (χ3v) is 6.23. The maximum atomic E-state index is 12.7. The van der Waals surface area contributed by atoms with Gasteiger partial charge in [-0.25, -0.2) is 8.42 Å². The summed E-state index contributed by atoms with van der Waals surface area (Å²) in [5.74, 6) is 0.0382. The van der Waals surface area contributed by atoms with E-state index in [2.05, 4.69) is 0 Å². The van der Waals surface area contributed by atoms with Crippen molar-refractivity contribution in [2.45, 2.75) is 43.6 Å². The molecule has 5 nitrogen and oxygen atoms in total. The molecule has 0 amide bonds. The van der Waals surface area contributed by atoms with Crippen molar-refractivity contribution < 1.29 is 13.2 Å². The molecule has 1 saturated heterocycles. The minimum absolute atomic E-state index is 0.0197. The van der Waals surface area contributed by atoms with Crippen LogP contribution in [0.15, 0.2) is 24.3 Å². The van der Waals surface area contributed by atoms with Crippen LogP contribution >= 0.6 is 0 Å². The smallest absolute Gasteiger partial charge is 0.218 e. The van der Waals surface area contributed by atoms with Crippen LogP contribution in [0.25, 0.3) is 0 Å². The number of hydrogen-bond acceptors (Lipinski definition) is 4. The fraction of sp³-hybridized carbons (Fsp3) is 0.600. The van der Waals surface area contributed by atoms with Gasteiger partial charge >= 0.3 is 0 Å². The van der Waals surface area contributed by atoms with E-state index in [1.165, 1.54) is 0 Å². The summed E-state index contributed by atoms with van der Waals surface area (Å²) in [4.78, 5) is 0. The number of sulfonamides is 1. The lowest BCUT2D eigenvalue weighted by Gasteiger charge is -2.42. The van der Waals surface area contributed by atoms with Gasteiger partial charge in [0.05, 0.1) is 24.5 Å². The van der Waals surface area contributed by atoms with Crippen LogP contribution in [-0.4, -0.2) is 38.0 Å². The Bertz CT molecular complexity index is 583. The van der Waals surface area contributed by atoms with E-state index >= 15 is 0 Å². The maximum Gasteiger partial charge on any atom is 0.218 e. The number of morpholine rings is 1. The molecule has 21 heavy (non-hydrogen) atoms. The summed E-state index contributed by atoms with van der Waals surface area (Å²) < 4.78 is 32.9. The third-order valence-electron chi connectivity index (χ3n) is 4.37. The van der Waals surface area contributed by atoms with E-state index in [1.807, 2.05) is 0 Å². The molecule has 1 aromatic carbocycles. The van der Waals surface area contributed by atoms with Crippen LogP contribution in [0.3, 0.4) is 0 Å². The van der Waals surface area contributed by atoms with Gasteiger partial charge in [0.1, 0.15) is 0 Å². The minimum Gasteiger partial charge on any atom is -0.399 e. The molecule has 0 bridgehead atoms. The second-order valence-electron chi connectivity index (χ2n) is 5.87. The summed E-state index contributed by atoms with van der Waals surface area (Å²) in [5, 5.41) is 0. The molecular weight excluding hydrogens is 288 g/mol. The van der Waals surface area contributed by atoms with E-state index in [0.29, 0.717) is 18.8 Å². The highest BCUT2D eigenvalue weighted by Gasteiger charge is 2.40. The molecule has 0 spiro atoms. The minimum atomic E-state index is -3.31. The molecule has 6 heteroatoms. The van der Waals surface area contributed by atoms with E-state index < -0.39 is 10.0 Å². The molecule has 116 valence electrons. The Hall–Kier alpha value is -1.11. The zero-order valence-electron chi connectivity index (χ0n) is 12.1. The van der Waals surface area contributed by atoms with Gasteiger partial charge in [-0.15, -0.1) is 0 Å². The highest BCUT2D eigenvalue weighted by Crippen LogP contribution is 2.31. The molecule has 1 aromatic rings. The lowest BCUT2D eigenvalue weighted by molar-refractivity contribution is -0.0586. The fourth-order valence-corrected chi connectivity index (χ4v) is 5.10. The van der Waals surface area contributed by atoms with Crippen molar-refractivity contribution >= 4 is 15.7 Å². The molecule has 0 aromatic heterocycles. The van der Waals surface area contributed by atoms with Crippen molar-refractivity contribution in [3.05, 3.63) is 29.8 Å². The van der Waals surface area contributed by atoms with Crippen molar-refractivity contribution in [2.75, 3.05) is 18.9 Å². The first-order valence-corrected chi connectivity index (χ1v) is 9.13. The zero-order chi connectivity index (χ0) is 14.9. The molecule has 2 fully saturated rings. The molecule has 2 atom stereocenters. The van der Waals surface area contributed by atoms with Crippen LogP contribution in [0.5, 0.6) is 0 Å². The van der Waals surface area contributed by atoms with Crippen LogP contribution in [0.1, 0.15) is 31.2 Å². The van der Waals surface area contributed by atoms with Crippen molar-refractivity contribution in [3.8, 4) is 0 Å². The standard InChI is InChI=1S/C15H22N2O3S/c16-13-7-5-12(6-8-13)11-21(18,19)17-9-10-20-15-4-2-1-3-14(15)17/h5-8,14-15H,1-4,9-11,16H2. The highest BCUT2D eigenvalue weighted by atomic mass is 32.2. The topological polar surface area (TPSA) is 72.6 Å². The number of anilines is 1. The molecule has 1 aliphatic heterocycles. The van der Waals surface area contributed by atoms with Crippen molar-refractivity contribution in [1.82, 2.24) is 4.31 Å². The van der Waals surface area contributed by atoms with Gasteiger partial charge in [-0.1, -0.05) is 25.0 Å². The van der Waals surface area contributed by atoms with E-state index in [4.69, 9.17) is 10.5 Å². The molecule has 1 saturated carbocycles. The first-order valence-electron chi connectivity index (χ1n) is 7.52. The van der Waals surface area contributed by atoms with E-state index in [-0.39, 0.29) is 17.9 Å². The Labute approximate surface area is 126 Å². The van der Waals surface area contributed by atoms with Crippen LogP contribution in [0.2, 0.25) is 0 Å². The number of benzene rings is 1. The van der Waals surface area contributed by atoms with Gasteiger partial charge in [0.2, 0.25) is 10.0 Å². The Balaban J connectivity index is 1.78. The van der Waals surface area contributed by atoms with Crippen molar-refractivity contribution in [1.29, 1.82) is 0 Å². The van der Waals surface area contributed by atoms with Crippen LogP contribution in [0.4, 0.5) is 5.69 Å². The largest absolute Gasteiger partial charge is 0.399 e. The molecule has 1 heterocycles. The maximum absolute atomic E-state index is 12.7. The molecule has 1 aliphatic carbocycles. The van der Waals surface area contributed by atoms with Crippen molar-refractivity contribution in [2.24, 2.45) is 0 Å². The SMILES string of the molecule is Nc1ccc(CS(=O)(=O)N2CCOC3CCCCC32)cc1. The number of nitrogen functional groups attached to an aromatic ring is 1. The van der Waals surface area contributed by atoms with Gasteiger partial charge in [-0.3, -0.25) is 0 Å². The average molecular weight is 310 g/mol. The lowest BCUT2D eigenvalue weighted by Crippen LogP contribution is -2.54. The van der Waals surface area contributed by atoms with Gasteiger partial charge in [0, 0.05) is 12.2 Å². The molecular formula is C15H22N2O3S. The number of hydrogen-bond donors (Lipinski definition) is 1. The summed E-state index contributed by atoms with van der Waals surface area (Å²) in [6.07, 6.45) is 4.17. The normalized spacial score (nSPS) is 27.2. The molecule has 3 rings (SSSR count). The highest BCUT2D eigenvalue weighted by molar-refractivity contribution is 7.88. The number of fused-ring (bicyclic) bond motifs is 1. The summed E-state index contributed by atoms with van der Waals surface area (Å²) in [6.45, 7) is 0.973. The third kappa shape index (κ3) is 3.22. The number of nitrogens with zero attached hydrogens (tertiary/aromatic N) is 1. The Morgan fingerprint density at radius 3 is 2.67 bits per heavy atom. The van der Waals surface area contributed by atoms with Gasteiger partial charge < -0.3 is 10.5 Å². The molecule has 2 unspecified atom stereocenters. The first kappa shape index (κ1) is 14.8. The van der Waals surface area contributed by atoms with Gasteiger partial charge in [-0.2, -0.15) is 4.31 Å². The first-order chi connectivity index (χ1) is 10.1. The van der Waals surface area contributed by atoms with Gasteiger partial charge in [0.25, 0.3) is 0 Å². The predicted molar refractivity (Wildman–Crippen MR) is 82.2 cm³/mol. The monoisotopic (exact) mass is 310 g/mol. The second kappa shape index (κ2) is 5.94. The summed E-state index contributed by atoms with van der Waals surface area (Å²) in [5.41, 5.74) is 7.07. The summed E-state index contributed by atoms with van der Waals surface area (Å²) >= 11 is 0. The van der Waals surface area contributed by atoms with Crippen LogP contribution < -0.4 is 5.73 Å². The number of nitrogens with two attached hydrogens (primary N) is 1. The molecule has 0 radical (unpaired) electrons. The van der Waals surface area contributed by atoms with E-state index in [1.54, 1.807) is 28.6 Å².